The lowest BCUT2D eigenvalue weighted by molar-refractivity contribution is 1.05. The van der Waals surface area contributed by atoms with Crippen LogP contribution in [0.1, 0.15) is 18.1 Å². The number of hydrogen-bond donors (Lipinski definition) is 1. The number of amidine groups is 1. The number of nitrogens with zero attached hydrogens (tertiary/aromatic N) is 1. The fourth-order valence-electron chi connectivity index (χ4n) is 0.759. The molecule has 0 radical (unpaired) electrons. The van der Waals surface area contributed by atoms with Crippen molar-refractivity contribution in [1.82, 2.24) is 0 Å². The van der Waals surface area contributed by atoms with Gasteiger partial charge in [-0.25, -0.2) is 0 Å². The average molecular weight is 168 g/mol. The van der Waals surface area contributed by atoms with Crippen LogP contribution in [0.5, 0.6) is 0 Å². The Balaban J connectivity index is 2.65. The van der Waals surface area contributed by atoms with Gasteiger partial charge in [-0.15, -0.1) is 0 Å². The minimum atomic E-state index is 0.649. The zero-order chi connectivity index (χ0) is 8.27. The Labute approximate surface area is 70.8 Å². The van der Waals surface area contributed by atoms with Crippen molar-refractivity contribution in [3.05, 3.63) is 21.9 Å². The van der Waals surface area contributed by atoms with Crippen LogP contribution in [0.2, 0.25) is 0 Å². The first-order valence-corrected chi connectivity index (χ1v) is 4.42. The molecule has 0 aromatic carbocycles. The molecule has 0 aliphatic rings. The lowest BCUT2D eigenvalue weighted by atomic mass is 10.2. The normalized spacial score (nSPS) is 12.0. The van der Waals surface area contributed by atoms with Gasteiger partial charge in [-0.05, 0) is 35.7 Å². The molecule has 1 rings (SSSR count). The van der Waals surface area contributed by atoms with Crippen molar-refractivity contribution in [3.63, 3.8) is 0 Å². The second-order valence-corrected chi connectivity index (χ2v) is 3.28. The van der Waals surface area contributed by atoms with Gasteiger partial charge in [-0.1, -0.05) is 0 Å². The molecule has 0 aliphatic heterocycles. The zero-order valence-electron chi connectivity index (χ0n) is 6.79. The summed E-state index contributed by atoms with van der Waals surface area (Å²) < 4.78 is 0. The van der Waals surface area contributed by atoms with Gasteiger partial charge in [0.15, 0.2) is 0 Å². The van der Waals surface area contributed by atoms with Gasteiger partial charge in [-0.2, -0.15) is 11.3 Å². The number of aliphatic imine (C=N–C) groups is 1. The first kappa shape index (κ1) is 8.27. The summed E-state index contributed by atoms with van der Waals surface area (Å²) >= 11 is 1.71. The van der Waals surface area contributed by atoms with Crippen LogP contribution < -0.4 is 5.73 Å². The summed E-state index contributed by atoms with van der Waals surface area (Å²) in [6.07, 6.45) is 0. The van der Waals surface area contributed by atoms with E-state index in [0.29, 0.717) is 5.84 Å². The highest BCUT2D eigenvalue weighted by atomic mass is 32.1. The van der Waals surface area contributed by atoms with E-state index in [2.05, 4.69) is 22.7 Å². The molecule has 0 spiro atoms. The second-order valence-electron chi connectivity index (χ2n) is 2.54. The summed E-state index contributed by atoms with van der Waals surface area (Å²) in [6.45, 7) is 4.62. The third-order valence-corrected chi connectivity index (χ3v) is 2.37. The zero-order valence-corrected chi connectivity index (χ0v) is 7.61. The van der Waals surface area contributed by atoms with Gasteiger partial charge in [0, 0.05) is 0 Å². The van der Waals surface area contributed by atoms with E-state index in [1.807, 2.05) is 6.92 Å². The summed E-state index contributed by atoms with van der Waals surface area (Å²) in [6, 6.07) is 0. The molecule has 0 atom stereocenters. The summed E-state index contributed by atoms with van der Waals surface area (Å²) in [5.74, 6) is 0.649. The van der Waals surface area contributed by atoms with Crippen molar-refractivity contribution >= 4 is 17.2 Å². The van der Waals surface area contributed by atoms with Crippen molar-refractivity contribution in [2.45, 2.75) is 20.4 Å². The number of aryl methyl sites for hydroxylation is 1. The number of rotatable bonds is 2. The minimum Gasteiger partial charge on any atom is -0.388 e. The van der Waals surface area contributed by atoms with E-state index >= 15 is 0 Å². The quantitative estimate of drug-likeness (QED) is 0.532. The Morgan fingerprint density at radius 2 is 2.36 bits per heavy atom. The van der Waals surface area contributed by atoms with Gasteiger partial charge in [0.05, 0.1) is 12.4 Å². The van der Waals surface area contributed by atoms with Crippen LogP contribution in [0.4, 0.5) is 0 Å². The SMILES string of the molecule is CC(N)=NCc1cscc1C. The highest BCUT2D eigenvalue weighted by Crippen LogP contribution is 2.14. The van der Waals surface area contributed by atoms with E-state index < -0.39 is 0 Å². The molecule has 0 bridgehead atoms. The molecule has 0 aliphatic carbocycles. The summed E-state index contributed by atoms with van der Waals surface area (Å²) in [7, 11) is 0. The van der Waals surface area contributed by atoms with Gasteiger partial charge in [0.2, 0.25) is 0 Å². The monoisotopic (exact) mass is 168 g/mol. The first-order valence-electron chi connectivity index (χ1n) is 3.48. The van der Waals surface area contributed by atoms with Crippen LogP contribution >= 0.6 is 11.3 Å². The highest BCUT2D eigenvalue weighted by Gasteiger charge is 1.96. The molecule has 2 N–H and O–H groups in total. The lowest BCUT2D eigenvalue weighted by Gasteiger charge is -1.93. The van der Waals surface area contributed by atoms with Crippen LogP contribution in [-0.4, -0.2) is 5.84 Å². The van der Waals surface area contributed by atoms with E-state index in [1.165, 1.54) is 11.1 Å². The van der Waals surface area contributed by atoms with E-state index in [0.717, 1.165) is 6.54 Å². The Morgan fingerprint density at radius 1 is 1.64 bits per heavy atom. The van der Waals surface area contributed by atoms with Gasteiger partial charge in [0.25, 0.3) is 0 Å². The number of hydrogen-bond acceptors (Lipinski definition) is 2. The fourth-order valence-corrected chi connectivity index (χ4v) is 1.61. The van der Waals surface area contributed by atoms with Gasteiger partial charge in [-0.3, -0.25) is 4.99 Å². The Bertz CT molecular complexity index is 259. The summed E-state index contributed by atoms with van der Waals surface area (Å²) in [5, 5.41) is 4.23. The Hall–Kier alpha value is -0.830. The fraction of sp³-hybridized carbons (Fsp3) is 0.375. The molecule has 0 unspecified atom stereocenters. The van der Waals surface area contributed by atoms with Crippen LogP contribution in [0, 0.1) is 6.92 Å². The average Bonchev–Trinajstić information content (AvgIpc) is 2.31. The molecule has 0 amide bonds. The minimum absolute atomic E-state index is 0.649. The van der Waals surface area contributed by atoms with Crippen LogP contribution in [0.3, 0.4) is 0 Å². The highest BCUT2D eigenvalue weighted by molar-refractivity contribution is 7.08. The van der Waals surface area contributed by atoms with E-state index in [1.54, 1.807) is 11.3 Å². The standard InChI is InChI=1S/C8H12N2S/c1-6-4-11-5-8(6)3-10-7(2)9/h4-5H,3H2,1-2H3,(H2,9,10). The Kier molecular flexibility index (Phi) is 2.65. The number of nitrogens with two attached hydrogens (primary N) is 1. The van der Waals surface area contributed by atoms with Crippen molar-refractivity contribution in [2.24, 2.45) is 10.7 Å². The molecule has 3 heteroatoms. The maximum atomic E-state index is 5.41. The van der Waals surface area contributed by atoms with Gasteiger partial charge < -0.3 is 5.73 Å². The van der Waals surface area contributed by atoms with E-state index in [4.69, 9.17) is 5.73 Å². The van der Waals surface area contributed by atoms with Crippen molar-refractivity contribution < 1.29 is 0 Å². The topological polar surface area (TPSA) is 38.4 Å². The van der Waals surface area contributed by atoms with Crippen LogP contribution in [-0.2, 0) is 6.54 Å². The van der Waals surface area contributed by atoms with Crippen LogP contribution in [0.15, 0.2) is 15.8 Å². The molecule has 11 heavy (non-hydrogen) atoms. The van der Waals surface area contributed by atoms with E-state index in [9.17, 15) is 0 Å². The Morgan fingerprint density at radius 3 is 2.82 bits per heavy atom. The lowest BCUT2D eigenvalue weighted by Crippen LogP contribution is -2.05. The molecular weight excluding hydrogens is 156 g/mol. The molecule has 0 saturated carbocycles. The maximum absolute atomic E-state index is 5.41. The van der Waals surface area contributed by atoms with Crippen molar-refractivity contribution in [2.75, 3.05) is 0 Å². The molecule has 1 heterocycles. The van der Waals surface area contributed by atoms with Crippen LogP contribution in [0.25, 0.3) is 0 Å². The third kappa shape index (κ3) is 2.35. The molecule has 2 nitrogen and oxygen atoms in total. The smallest absolute Gasteiger partial charge is 0.0909 e. The van der Waals surface area contributed by atoms with E-state index in [-0.39, 0.29) is 0 Å². The maximum Gasteiger partial charge on any atom is 0.0909 e. The second kappa shape index (κ2) is 3.53. The molecule has 1 aromatic rings. The number of thiophene rings is 1. The first-order chi connectivity index (χ1) is 5.20. The summed E-state index contributed by atoms with van der Waals surface area (Å²) in [4.78, 5) is 4.13. The molecular formula is C8H12N2S. The summed E-state index contributed by atoms with van der Waals surface area (Å²) in [5.41, 5.74) is 8.00. The predicted octanol–water partition coefficient (Wildman–Crippen LogP) is 1.93. The molecule has 0 fully saturated rings. The predicted molar refractivity (Wildman–Crippen MR) is 50.1 cm³/mol. The largest absolute Gasteiger partial charge is 0.388 e. The molecule has 60 valence electrons. The van der Waals surface area contributed by atoms with Crippen molar-refractivity contribution in [1.29, 1.82) is 0 Å². The molecule has 1 aromatic heterocycles. The van der Waals surface area contributed by atoms with Crippen molar-refractivity contribution in [3.8, 4) is 0 Å². The van der Waals surface area contributed by atoms with Gasteiger partial charge >= 0.3 is 0 Å². The third-order valence-electron chi connectivity index (χ3n) is 1.46. The molecule has 0 saturated heterocycles. The van der Waals surface area contributed by atoms with Gasteiger partial charge in [0.1, 0.15) is 0 Å².